The number of rotatable bonds is 5. The number of aromatic nitrogens is 2. The van der Waals surface area contributed by atoms with Gasteiger partial charge in [-0.3, -0.25) is 0 Å². The van der Waals surface area contributed by atoms with Gasteiger partial charge in [0.1, 0.15) is 5.82 Å². The first kappa shape index (κ1) is 19.1. The van der Waals surface area contributed by atoms with Gasteiger partial charge < -0.3 is 15.0 Å². The van der Waals surface area contributed by atoms with E-state index in [1.807, 2.05) is 12.1 Å². The first-order valence-electron chi connectivity index (χ1n) is 9.97. The molecule has 2 aliphatic rings. The Hall–Kier alpha value is -2.87. The molecule has 5 rings (SSSR count). The number of alkyl halides is 2. The molecule has 3 heterocycles. The van der Waals surface area contributed by atoms with Crippen LogP contribution in [0.1, 0.15) is 36.9 Å². The Kier molecular flexibility index (Phi) is 4.73. The number of nitrogens with zero attached hydrogens (tertiary/aromatic N) is 3. The maximum absolute atomic E-state index is 14.6. The zero-order chi connectivity index (χ0) is 20.8. The van der Waals surface area contributed by atoms with Crippen molar-refractivity contribution in [3.63, 3.8) is 0 Å². The number of hydrogen-bond donors (Lipinski definition) is 1. The molecule has 2 unspecified atom stereocenters. The summed E-state index contributed by atoms with van der Waals surface area (Å²) in [7, 11) is 0. The molecule has 0 amide bonds. The molecule has 0 radical (unpaired) electrons. The Morgan fingerprint density at radius 3 is 2.63 bits per heavy atom. The van der Waals surface area contributed by atoms with Gasteiger partial charge in [-0.15, -0.1) is 0 Å². The molecule has 5 nitrogen and oxygen atoms in total. The molecule has 156 valence electrons. The van der Waals surface area contributed by atoms with Gasteiger partial charge in [0, 0.05) is 16.6 Å². The Morgan fingerprint density at radius 2 is 1.90 bits per heavy atom. The van der Waals surface area contributed by atoms with Crippen molar-refractivity contribution < 1.29 is 17.9 Å². The number of morpholine rings is 1. The van der Waals surface area contributed by atoms with E-state index in [-0.39, 0.29) is 5.56 Å². The normalized spacial score (nSPS) is 21.6. The van der Waals surface area contributed by atoms with Crippen molar-refractivity contribution in [2.24, 2.45) is 0 Å². The SMILES string of the molecule is C[C@@H](Nc1cnnc2ccc(N3C4COCC3C4)cc12)c1cccc(C(F)F)c1F. The molecule has 0 aliphatic carbocycles. The molecule has 2 aliphatic heterocycles. The molecule has 0 spiro atoms. The summed E-state index contributed by atoms with van der Waals surface area (Å²) in [5.74, 6) is -0.882. The number of anilines is 2. The second-order valence-electron chi connectivity index (χ2n) is 7.86. The first-order valence-corrected chi connectivity index (χ1v) is 9.97. The highest BCUT2D eigenvalue weighted by atomic mass is 19.3. The van der Waals surface area contributed by atoms with Crippen LogP contribution in [0.4, 0.5) is 24.5 Å². The second-order valence-corrected chi connectivity index (χ2v) is 7.86. The van der Waals surface area contributed by atoms with Crippen LogP contribution >= 0.6 is 0 Å². The summed E-state index contributed by atoms with van der Waals surface area (Å²) < 4.78 is 46.3. The Bertz CT molecular complexity index is 1080. The van der Waals surface area contributed by atoms with Crippen LogP contribution in [0.5, 0.6) is 0 Å². The number of nitrogens with one attached hydrogen (secondary N) is 1. The number of halogens is 3. The highest BCUT2D eigenvalue weighted by molar-refractivity contribution is 5.93. The van der Waals surface area contributed by atoms with Crippen molar-refractivity contribution >= 4 is 22.3 Å². The van der Waals surface area contributed by atoms with Gasteiger partial charge in [-0.05, 0) is 31.5 Å². The maximum Gasteiger partial charge on any atom is 0.266 e. The van der Waals surface area contributed by atoms with Crippen LogP contribution in [0.3, 0.4) is 0 Å². The molecular formula is C22H21F3N4O. The van der Waals surface area contributed by atoms with E-state index in [0.29, 0.717) is 23.3 Å². The quantitative estimate of drug-likeness (QED) is 0.646. The van der Waals surface area contributed by atoms with Gasteiger partial charge in [-0.25, -0.2) is 13.2 Å². The van der Waals surface area contributed by atoms with Gasteiger partial charge in [0.25, 0.3) is 6.43 Å². The second kappa shape index (κ2) is 7.43. The summed E-state index contributed by atoms with van der Waals surface area (Å²) in [5, 5.41) is 12.3. The Labute approximate surface area is 171 Å². The van der Waals surface area contributed by atoms with Gasteiger partial charge >= 0.3 is 0 Å². The third kappa shape index (κ3) is 3.15. The largest absolute Gasteiger partial charge is 0.377 e. The van der Waals surface area contributed by atoms with Gasteiger partial charge in [0.2, 0.25) is 0 Å². The van der Waals surface area contributed by atoms with E-state index in [9.17, 15) is 13.2 Å². The van der Waals surface area contributed by atoms with E-state index in [4.69, 9.17) is 4.74 Å². The van der Waals surface area contributed by atoms with Crippen LogP contribution in [0.15, 0.2) is 42.6 Å². The van der Waals surface area contributed by atoms with E-state index in [1.54, 1.807) is 13.1 Å². The Balaban J connectivity index is 1.47. The van der Waals surface area contributed by atoms with Crippen LogP contribution in [0.25, 0.3) is 10.9 Å². The van der Waals surface area contributed by atoms with Crippen LogP contribution < -0.4 is 10.2 Å². The minimum Gasteiger partial charge on any atom is -0.377 e. The summed E-state index contributed by atoms with van der Waals surface area (Å²) >= 11 is 0. The fraction of sp³-hybridized carbons (Fsp3) is 0.364. The smallest absolute Gasteiger partial charge is 0.266 e. The van der Waals surface area contributed by atoms with Gasteiger partial charge in [0.05, 0.1) is 54.3 Å². The number of benzene rings is 2. The van der Waals surface area contributed by atoms with E-state index in [2.05, 4.69) is 26.5 Å². The number of hydrogen-bond acceptors (Lipinski definition) is 5. The standard InChI is InChI=1S/C22H21F3N4O/c1-12(16-3-2-4-17(21(16)23)22(24)25)27-20-9-26-28-19-6-5-13(8-18(19)20)29-14-7-15(29)11-30-10-14/h2-6,8-9,12,14-15,22H,7,10-11H2,1H3,(H,27,28)/t12-,14?,15?/m1/s1. The molecule has 8 heteroatoms. The summed E-state index contributed by atoms with van der Waals surface area (Å²) in [4.78, 5) is 2.36. The molecule has 2 aromatic carbocycles. The highest BCUT2D eigenvalue weighted by Crippen LogP contribution is 2.38. The third-order valence-electron chi connectivity index (χ3n) is 6.00. The lowest BCUT2D eigenvalue weighted by Crippen LogP contribution is -2.64. The van der Waals surface area contributed by atoms with Crippen molar-refractivity contribution in [2.45, 2.75) is 37.9 Å². The zero-order valence-corrected chi connectivity index (χ0v) is 16.4. The van der Waals surface area contributed by atoms with Crippen LogP contribution in [-0.2, 0) is 4.74 Å². The molecule has 1 N–H and O–H groups in total. The van der Waals surface area contributed by atoms with Crippen LogP contribution in [0.2, 0.25) is 0 Å². The number of fused-ring (bicyclic) bond motifs is 3. The average Bonchev–Trinajstić information content (AvgIpc) is 2.74. The molecule has 0 saturated carbocycles. The average molecular weight is 414 g/mol. The molecule has 1 aromatic heterocycles. The van der Waals surface area contributed by atoms with Crippen LogP contribution in [-0.4, -0.2) is 35.5 Å². The molecule has 30 heavy (non-hydrogen) atoms. The maximum atomic E-state index is 14.6. The fourth-order valence-electron chi connectivity index (χ4n) is 4.46. The third-order valence-corrected chi connectivity index (χ3v) is 6.00. The molecule has 3 aromatic rings. The van der Waals surface area contributed by atoms with Gasteiger partial charge in [-0.1, -0.05) is 18.2 Å². The molecule has 2 fully saturated rings. The predicted molar refractivity (Wildman–Crippen MR) is 108 cm³/mol. The van der Waals surface area contributed by atoms with Crippen LogP contribution in [0, 0.1) is 5.82 Å². The van der Waals surface area contributed by atoms with Gasteiger partial charge in [0.15, 0.2) is 0 Å². The van der Waals surface area contributed by atoms with E-state index >= 15 is 0 Å². The fourth-order valence-corrected chi connectivity index (χ4v) is 4.46. The zero-order valence-electron chi connectivity index (χ0n) is 16.4. The Morgan fingerprint density at radius 1 is 1.13 bits per heavy atom. The molecule has 2 saturated heterocycles. The van der Waals surface area contributed by atoms with E-state index in [0.717, 1.165) is 36.8 Å². The lowest BCUT2D eigenvalue weighted by molar-refractivity contribution is 0.0103. The molecule has 3 atom stereocenters. The molecular weight excluding hydrogens is 393 g/mol. The number of ether oxygens (including phenoxy) is 1. The van der Waals surface area contributed by atoms with E-state index < -0.39 is 23.8 Å². The minimum atomic E-state index is -2.86. The van der Waals surface area contributed by atoms with E-state index in [1.165, 1.54) is 12.1 Å². The van der Waals surface area contributed by atoms with Crippen molar-refractivity contribution in [3.05, 3.63) is 59.5 Å². The first-order chi connectivity index (χ1) is 14.5. The lowest BCUT2D eigenvalue weighted by Gasteiger charge is -2.53. The molecule has 2 bridgehead atoms. The minimum absolute atomic E-state index is 0.184. The van der Waals surface area contributed by atoms with Crippen molar-refractivity contribution in [2.75, 3.05) is 23.4 Å². The summed E-state index contributed by atoms with van der Waals surface area (Å²) in [6, 6.07) is 10.3. The van der Waals surface area contributed by atoms with Crippen molar-refractivity contribution in [1.82, 2.24) is 10.2 Å². The predicted octanol–water partition coefficient (Wildman–Crippen LogP) is 4.86. The summed E-state index contributed by atoms with van der Waals surface area (Å²) in [5.41, 5.74) is 2.07. The van der Waals surface area contributed by atoms with Crippen molar-refractivity contribution in [3.8, 4) is 0 Å². The summed E-state index contributed by atoms with van der Waals surface area (Å²) in [6.45, 7) is 3.19. The highest BCUT2D eigenvalue weighted by Gasteiger charge is 2.42. The van der Waals surface area contributed by atoms with Gasteiger partial charge in [-0.2, -0.15) is 10.2 Å². The van der Waals surface area contributed by atoms with Crippen molar-refractivity contribution in [1.29, 1.82) is 0 Å². The monoisotopic (exact) mass is 414 g/mol. The topological polar surface area (TPSA) is 50.3 Å². The lowest BCUT2D eigenvalue weighted by atomic mass is 9.90. The summed E-state index contributed by atoms with van der Waals surface area (Å²) in [6.07, 6.45) is -0.144.